The highest BCUT2D eigenvalue weighted by Gasteiger charge is 2.34. The Kier molecular flexibility index (Phi) is 6.77. The number of pyridine rings is 1. The van der Waals surface area contributed by atoms with Crippen LogP contribution in [0.25, 0.3) is 10.9 Å². The fourth-order valence-corrected chi connectivity index (χ4v) is 6.30. The Hall–Kier alpha value is -2.19. The summed E-state index contributed by atoms with van der Waals surface area (Å²) in [6.45, 7) is 0.629. The maximum Gasteiger partial charge on any atom is 0.248 e. The highest BCUT2D eigenvalue weighted by Crippen LogP contribution is 2.26. The van der Waals surface area contributed by atoms with E-state index in [4.69, 9.17) is 0 Å². The Morgan fingerprint density at radius 3 is 2.48 bits per heavy atom. The van der Waals surface area contributed by atoms with Gasteiger partial charge in [0, 0.05) is 30.7 Å². The number of sulfonamides is 1. The van der Waals surface area contributed by atoms with Gasteiger partial charge >= 0.3 is 0 Å². The summed E-state index contributed by atoms with van der Waals surface area (Å²) in [6, 6.07) is 7.93. The van der Waals surface area contributed by atoms with Gasteiger partial charge in [-0.15, -0.1) is 0 Å². The number of aromatic amines is 1. The smallest absolute Gasteiger partial charge is 0.248 e. The van der Waals surface area contributed by atoms with Crippen LogP contribution in [0.5, 0.6) is 0 Å². The molecule has 0 spiro atoms. The SMILES string of the molecule is O=C(NC1CCCCCCC1)[C@@H]1CCCN(S(=O)(=O)c2ccc3[nH]c(=O)ccc3c2)C1. The van der Waals surface area contributed by atoms with Crippen LogP contribution in [0.3, 0.4) is 0 Å². The average Bonchev–Trinajstić information content (AvgIpc) is 2.75. The lowest BCUT2D eigenvalue weighted by atomic mass is 9.94. The highest BCUT2D eigenvalue weighted by atomic mass is 32.2. The molecule has 7 nitrogen and oxygen atoms in total. The van der Waals surface area contributed by atoms with Gasteiger partial charge < -0.3 is 10.3 Å². The number of hydrogen-bond donors (Lipinski definition) is 2. The van der Waals surface area contributed by atoms with Gasteiger partial charge in [0.15, 0.2) is 0 Å². The molecular weight excluding hydrogens is 414 g/mol. The normalized spacial score (nSPS) is 22.0. The fourth-order valence-electron chi connectivity index (χ4n) is 4.74. The zero-order chi connectivity index (χ0) is 21.8. The topological polar surface area (TPSA) is 99.3 Å². The van der Waals surface area contributed by atoms with E-state index in [0.29, 0.717) is 30.3 Å². The number of piperidine rings is 1. The summed E-state index contributed by atoms with van der Waals surface area (Å²) in [5.74, 6) is -0.327. The lowest BCUT2D eigenvalue weighted by molar-refractivity contribution is -0.126. The third-order valence-electron chi connectivity index (χ3n) is 6.54. The zero-order valence-corrected chi connectivity index (χ0v) is 18.6. The molecule has 2 heterocycles. The van der Waals surface area contributed by atoms with Gasteiger partial charge in [-0.05, 0) is 55.3 Å². The Labute approximate surface area is 183 Å². The van der Waals surface area contributed by atoms with Gasteiger partial charge in [0.2, 0.25) is 21.5 Å². The van der Waals surface area contributed by atoms with Crippen molar-refractivity contribution in [1.82, 2.24) is 14.6 Å². The maximum atomic E-state index is 13.3. The van der Waals surface area contributed by atoms with E-state index in [1.165, 1.54) is 35.7 Å². The minimum Gasteiger partial charge on any atom is -0.353 e. The minimum atomic E-state index is -3.71. The highest BCUT2D eigenvalue weighted by molar-refractivity contribution is 7.89. The van der Waals surface area contributed by atoms with Crippen molar-refractivity contribution in [1.29, 1.82) is 0 Å². The molecule has 1 amide bonds. The van der Waals surface area contributed by atoms with Crippen LogP contribution in [0, 0.1) is 5.92 Å². The first-order valence-corrected chi connectivity index (χ1v) is 12.8. The molecule has 168 valence electrons. The molecule has 2 fully saturated rings. The van der Waals surface area contributed by atoms with Gasteiger partial charge in [0.25, 0.3) is 0 Å². The number of H-pyrrole nitrogens is 1. The van der Waals surface area contributed by atoms with Crippen LogP contribution < -0.4 is 10.9 Å². The first kappa shape index (κ1) is 22.0. The second kappa shape index (κ2) is 9.53. The molecular formula is C23H31N3O4S. The van der Waals surface area contributed by atoms with E-state index in [-0.39, 0.29) is 34.9 Å². The number of hydrogen-bond acceptors (Lipinski definition) is 4. The molecule has 0 unspecified atom stereocenters. The van der Waals surface area contributed by atoms with Gasteiger partial charge in [0.1, 0.15) is 0 Å². The first-order chi connectivity index (χ1) is 14.9. The van der Waals surface area contributed by atoms with E-state index in [2.05, 4.69) is 10.3 Å². The van der Waals surface area contributed by atoms with Crippen molar-refractivity contribution in [2.75, 3.05) is 13.1 Å². The molecule has 31 heavy (non-hydrogen) atoms. The predicted octanol–water partition coefficient (Wildman–Crippen LogP) is 3.16. The van der Waals surface area contributed by atoms with E-state index in [1.54, 1.807) is 18.2 Å². The Balaban J connectivity index is 1.46. The minimum absolute atomic E-state index is 0.0124. The summed E-state index contributed by atoms with van der Waals surface area (Å²) in [4.78, 5) is 27.3. The molecule has 1 aromatic carbocycles. The molecule has 4 rings (SSSR count). The van der Waals surface area contributed by atoms with E-state index in [9.17, 15) is 18.0 Å². The molecule has 1 saturated heterocycles. The molecule has 2 N–H and O–H groups in total. The summed E-state index contributed by atoms with van der Waals surface area (Å²) >= 11 is 0. The van der Waals surface area contributed by atoms with Crippen molar-refractivity contribution < 1.29 is 13.2 Å². The summed E-state index contributed by atoms with van der Waals surface area (Å²) in [5.41, 5.74) is 0.374. The van der Waals surface area contributed by atoms with E-state index < -0.39 is 10.0 Å². The van der Waals surface area contributed by atoms with Gasteiger partial charge in [-0.3, -0.25) is 9.59 Å². The fraction of sp³-hybridized carbons (Fsp3) is 0.565. The van der Waals surface area contributed by atoms with Crippen LogP contribution in [0.2, 0.25) is 0 Å². The number of rotatable bonds is 4. The summed E-state index contributed by atoms with van der Waals surface area (Å²) < 4.78 is 28.0. The second-order valence-electron chi connectivity index (χ2n) is 8.82. The third kappa shape index (κ3) is 5.18. The Morgan fingerprint density at radius 1 is 0.968 bits per heavy atom. The quantitative estimate of drug-likeness (QED) is 0.755. The predicted molar refractivity (Wildman–Crippen MR) is 120 cm³/mol. The standard InChI is InChI=1S/C23H31N3O4S/c27-22-13-10-17-15-20(11-12-21(17)25-22)31(29,30)26-14-6-7-18(16-26)23(28)24-19-8-4-2-1-3-5-9-19/h10-13,15,18-19H,1-9,14,16H2,(H,24,28)(H,25,27)/t18-/m1/s1. The van der Waals surface area contributed by atoms with Crippen molar-refractivity contribution in [3.8, 4) is 0 Å². The summed E-state index contributed by atoms with van der Waals surface area (Å²) in [7, 11) is -3.71. The Morgan fingerprint density at radius 2 is 1.71 bits per heavy atom. The molecule has 0 bridgehead atoms. The average molecular weight is 446 g/mol. The monoisotopic (exact) mass is 445 g/mol. The Bertz CT molecular complexity index is 1090. The van der Waals surface area contributed by atoms with Crippen LogP contribution in [-0.2, 0) is 14.8 Å². The molecule has 1 atom stereocenters. The van der Waals surface area contributed by atoms with Crippen molar-refractivity contribution in [3.05, 3.63) is 40.7 Å². The van der Waals surface area contributed by atoms with E-state index in [0.717, 1.165) is 25.7 Å². The molecule has 1 aliphatic carbocycles. The molecule has 2 aromatic rings. The van der Waals surface area contributed by atoms with E-state index in [1.807, 2.05) is 0 Å². The number of amides is 1. The molecule has 1 aliphatic heterocycles. The largest absolute Gasteiger partial charge is 0.353 e. The number of fused-ring (bicyclic) bond motifs is 1. The van der Waals surface area contributed by atoms with Crippen LogP contribution in [0.15, 0.2) is 40.0 Å². The first-order valence-electron chi connectivity index (χ1n) is 11.4. The number of nitrogens with zero attached hydrogens (tertiary/aromatic N) is 1. The van der Waals surface area contributed by atoms with Gasteiger partial charge in [-0.25, -0.2) is 8.42 Å². The molecule has 8 heteroatoms. The molecule has 1 saturated carbocycles. The van der Waals surface area contributed by atoms with Crippen molar-refractivity contribution in [2.45, 2.75) is 68.7 Å². The van der Waals surface area contributed by atoms with Crippen LogP contribution in [0.4, 0.5) is 0 Å². The van der Waals surface area contributed by atoms with Crippen LogP contribution in [-0.4, -0.2) is 42.7 Å². The van der Waals surface area contributed by atoms with Crippen LogP contribution in [0.1, 0.15) is 57.8 Å². The van der Waals surface area contributed by atoms with Crippen LogP contribution >= 0.6 is 0 Å². The number of benzene rings is 1. The number of carbonyl (C=O) groups is 1. The lowest BCUT2D eigenvalue weighted by Crippen LogP contribution is -2.47. The van der Waals surface area contributed by atoms with E-state index >= 15 is 0 Å². The lowest BCUT2D eigenvalue weighted by Gasteiger charge is -2.32. The van der Waals surface area contributed by atoms with Crippen molar-refractivity contribution >= 4 is 26.8 Å². The summed E-state index contributed by atoms with van der Waals surface area (Å²) in [6.07, 6.45) is 9.42. The van der Waals surface area contributed by atoms with Gasteiger partial charge in [-0.2, -0.15) is 4.31 Å². The van der Waals surface area contributed by atoms with Gasteiger partial charge in [0.05, 0.1) is 10.8 Å². The molecule has 0 radical (unpaired) electrons. The number of aromatic nitrogens is 1. The summed E-state index contributed by atoms with van der Waals surface area (Å²) in [5, 5.41) is 3.87. The van der Waals surface area contributed by atoms with Crippen molar-refractivity contribution in [2.24, 2.45) is 5.92 Å². The number of nitrogens with one attached hydrogen (secondary N) is 2. The number of carbonyl (C=O) groups excluding carboxylic acids is 1. The molecule has 2 aliphatic rings. The van der Waals surface area contributed by atoms with Gasteiger partial charge in [-0.1, -0.05) is 32.1 Å². The molecule has 1 aromatic heterocycles. The maximum absolute atomic E-state index is 13.3. The zero-order valence-electron chi connectivity index (χ0n) is 17.8. The van der Waals surface area contributed by atoms with Crippen molar-refractivity contribution in [3.63, 3.8) is 0 Å². The second-order valence-corrected chi connectivity index (χ2v) is 10.8. The third-order valence-corrected chi connectivity index (χ3v) is 8.40.